The van der Waals surface area contributed by atoms with Gasteiger partial charge < -0.3 is 64.5 Å². The summed E-state index contributed by atoms with van der Waals surface area (Å²) in [6, 6.07) is 31.8. The molecule has 8 N–H and O–H groups in total. The summed E-state index contributed by atoms with van der Waals surface area (Å²) in [5, 5.41) is 77.3. The number of aromatic hydroxyl groups is 8. The summed E-state index contributed by atoms with van der Waals surface area (Å²) in [6.07, 6.45) is 3.42. The molecule has 0 aliphatic rings. The van der Waals surface area contributed by atoms with Crippen molar-refractivity contribution in [3.8, 4) is 74.7 Å². The van der Waals surface area contributed by atoms with Gasteiger partial charge in [-0.2, -0.15) is 0 Å². The third kappa shape index (κ3) is 20.6. The molecule has 0 heterocycles. The van der Waals surface area contributed by atoms with Crippen molar-refractivity contribution in [1.82, 2.24) is 0 Å². The van der Waals surface area contributed by atoms with Gasteiger partial charge in [-0.25, -0.2) is 0 Å². The van der Waals surface area contributed by atoms with E-state index in [9.17, 15) is 54.6 Å². The highest BCUT2D eigenvalue weighted by Gasteiger charge is 2.32. The molecule has 18 heteroatoms. The maximum Gasteiger partial charge on any atom is 0.316 e. The normalized spacial score (nSPS) is 11.3. The largest absolute Gasteiger partial charge is 0.508 e. The number of fused-ring (bicyclic) bond motifs is 2. The van der Waals surface area contributed by atoms with E-state index in [1.807, 2.05) is 94.4 Å². The van der Waals surface area contributed by atoms with E-state index in [1.54, 1.807) is 70.2 Å². The zero-order chi connectivity index (χ0) is 65.1. The van der Waals surface area contributed by atoms with Gasteiger partial charge in [-0.1, -0.05) is 58.9 Å². The van der Waals surface area contributed by atoms with E-state index in [4.69, 9.17) is 33.9 Å². The first kappa shape index (κ1) is 71.1. The number of phenolic OH excluding ortho intramolecular Hbond substituents is 8. The first-order chi connectivity index (χ1) is 40.0. The van der Waals surface area contributed by atoms with E-state index in [2.05, 4.69) is 0 Å². The topological polar surface area (TPSA) is 293 Å². The Morgan fingerprint density at radius 3 is 1.05 bits per heavy atom. The second kappa shape index (κ2) is 30.6. The van der Waals surface area contributed by atoms with Crippen LogP contribution >= 0.6 is 0 Å². The Kier molecular flexibility index (Phi) is 25.3. The minimum Gasteiger partial charge on any atom is -0.508 e. The quantitative estimate of drug-likeness (QED) is 0.0269. The van der Waals surface area contributed by atoms with Crippen LogP contribution in [0.3, 0.4) is 0 Å². The van der Waals surface area contributed by atoms with E-state index >= 15 is 0 Å². The molecule has 0 radical (unpaired) electrons. The molecule has 0 aliphatic carbocycles. The molecule has 0 unspecified atom stereocenters. The number of carbonyl (C=O) groups excluding carboxylic acids is 5. The number of benzene rings is 7. The van der Waals surface area contributed by atoms with Crippen LogP contribution in [0.15, 0.2) is 127 Å². The van der Waals surface area contributed by atoms with Gasteiger partial charge in [0.25, 0.3) is 0 Å². The lowest BCUT2D eigenvalue weighted by molar-refractivity contribution is -0.144. The van der Waals surface area contributed by atoms with Crippen LogP contribution in [0.25, 0.3) is 21.5 Å². The maximum atomic E-state index is 12.1. The average molecular weight is 1190 g/mol. The van der Waals surface area contributed by atoms with Crippen molar-refractivity contribution < 1.29 is 88.5 Å². The molecule has 0 aromatic heterocycles. The molecule has 0 aliphatic heterocycles. The lowest BCUT2D eigenvalue weighted by atomic mass is 9.90. The standard InChI is InChI=1S/C16H18O4.C16H18O3.2C12H16O4.C12H16O3/c1-4-16(2,3)15(19)20-14-8-7-13(18)12-9-10(17)5-6-11(12)14;1-4-16(2,3)15(18)19-14-10-9-13(17)11-7-5-6-8-12(11)14;1-4-12(2,3)11(15)16-10-6-8(13)5-9(14)7-10;1-4-12(2,3)11(15)16-8-5-6-9(13)10(14)7-8;1-4-12(2,3)11(14)15-10-7-5-9(13)6-8-10/h5-9,17-18H,4H2,1-3H3;5-10,17H,4H2,1-3H3;2*5-7,13-14H,4H2,1-3H3;5-8,13H,4H2,1-3H3. The Balaban J connectivity index is 0.000000283. The fourth-order valence-electron chi connectivity index (χ4n) is 6.37. The number of carbonyl (C=O) groups is 5. The monoisotopic (exact) mass is 1190 g/mol. The minimum atomic E-state index is -0.582. The van der Waals surface area contributed by atoms with Gasteiger partial charge in [-0.15, -0.1) is 0 Å². The summed E-state index contributed by atoms with van der Waals surface area (Å²) in [7, 11) is 0. The number of hydrogen-bond donors (Lipinski definition) is 8. The minimum absolute atomic E-state index is 0.0328. The third-order valence-electron chi connectivity index (χ3n) is 14.7. The number of esters is 5. The first-order valence-corrected chi connectivity index (χ1v) is 28.1. The van der Waals surface area contributed by atoms with Crippen LogP contribution in [0.1, 0.15) is 136 Å². The molecule has 7 aromatic carbocycles. The number of ether oxygens (including phenoxy) is 5. The van der Waals surface area contributed by atoms with Gasteiger partial charge in [0.15, 0.2) is 11.5 Å². The highest BCUT2D eigenvalue weighted by Crippen LogP contribution is 2.38. The Morgan fingerprint density at radius 2 is 0.628 bits per heavy atom. The van der Waals surface area contributed by atoms with E-state index in [0.717, 1.165) is 11.8 Å². The second-order valence-electron chi connectivity index (χ2n) is 23.4. The van der Waals surface area contributed by atoms with Gasteiger partial charge in [0.05, 0.1) is 27.1 Å². The van der Waals surface area contributed by atoms with Crippen LogP contribution in [0.5, 0.6) is 74.7 Å². The van der Waals surface area contributed by atoms with E-state index in [0.29, 0.717) is 59.1 Å². The summed E-state index contributed by atoms with van der Waals surface area (Å²) in [4.78, 5) is 59.3. The van der Waals surface area contributed by atoms with Crippen molar-refractivity contribution in [2.24, 2.45) is 27.1 Å². The molecular weight excluding hydrogens is 1100 g/mol. The second-order valence-corrected chi connectivity index (χ2v) is 23.4. The van der Waals surface area contributed by atoms with Crippen molar-refractivity contribution >= 4 is 51.4 Å². The van der Waals surface area contributed by atoms with E-state index < -0.39 is 27.1 Å². The summed E-state index contributed by atoms with van der Waals surface area (Å²) >= 11 is 0. The van der Waals surface area contributed by atoms with Gasteiger partial charge in [-0.3, -0.25) is 24.0 Å². The zero-order valence-corrected chi connectivity index (χ0v) is 51.8. The van der Waals surface area contributed by atoms with Crippen molar-refractivity contribution in [2.75, 3.05) is 0 Å². The number of rotatable bonds is 15. The highest BCUT2D eigenvalue weighted by atomic mass is 16.6. The van der Waals surface area contributed by atoms with Gasteiger partial charge in [0, 0.05) is 45.8 Å². The Bertz CT molecular complexity index is 3430. The summed E-state index contributed by atoms with van der Waals surface area (Å²) in [5.41, 5.74) is -2.70. The molecule has 0 atom stereocenters. The van der Waals surface area contributed by atoms with E-state index in [1.165, 1.54) is 66.7 Å². The average Bonchev–Trinajstić information content (AvgIpc) is 1.43. The lowest BCUT2D eigenvalue weighted by Crippen LogP contribution is -2.28. The van der Waals surface area contributed by atoms with Crippen molar-refractivity contribution in [2.45, 2.75) is 136 Å². The van der Waals surface area contributed by atoms with Crippen molar-refractivity contribution in [1.29, 1.82) is 0 Å². The molecule has 0 saturated heterocycles. The molecule has 0 fully saturated rings. The lowest BCUT2D eigenvalue weighted by Gasteiger charge is -2.20. The van der Waals surface area contributed by atoms with Crippen molar-refractivity contribution in [3.05, 3.63) is 127 Å². The summed E-state index contributed by atoms with van der Waals surface area (Å²) in [5.74, 6) is -0.301. The van der Waals surface area contributed by atoms with Gasteiger partial charge in [0.1, 0.15) is 63.2 Å². The van der Waals surface area contributed by atoms with Gasteiger partial charge in [-0.05, 0) is 180 Å². The van der Waals surface area contributed by atoms with Crippen LogP contribution in [0, 0.1) is 27.1 Å². The third-order valence-corrected chi connectivity index (χ3v) is 14.7. The van der Waals surface area contributed by atoms with Gasteiger partial charge in [0.2, 0.25) is 0 Å². The Hall–Kier alpha value is -9.19. The molecule has 464 valence electrons. The SMILES string of the molecule is CCC(C)(C)C(=O)Oc1cc(O)cc(O)c1.CCC(C)(C)C(=O)Oc1ccc(O)c(O)c1.CCC(C)(C)C(=O)Oc1ccc(O)c2cc(O)ccc12.CCC(C)(C)C(=O)Oc1ccc(O)c2ccccc12.CCC(C)(C)C(=O)Oc1ccc(O)cc1. The maximum absolute atomic E-state index is 12.1. The van der Waals surface area contributed by atoms with E-state index in [-0.39, 0.29) is 87.3 Å². The molecule has 18 nitrogen and oxygen atoms in total. The predicted molar refractivity (Wildman–Crippen MR) is 329 cm³/mol. The first-order valence-electron chi connectivity index (χ1n) is 28.1. The number of phenols is 8. The molecule has 0 bridgehead atoms. The summed E-state index contributed by atoms with van der Waals surface area (Å²) < 4.78 is 26.3. The van der Waals surface area contributed by atoms with Crippen LogP contribution in [0.2, 0.25) is 0 Å². The van der Waals surface area contributed by atoms with Crippen LogP contribution < -0.4 is 23.7 Å². The highest BCUT2D eigenvalue weighted by molar-refractivity contribution is 5.96. The fourth-order valence-corrected chi connectivity index (χ4v) is 6.37. The van der Waals surface area contributed by atoms with Crippen LogP contribution in [-0.4, -0.2) is 70.7 Å². The Morgan fingerprint density at radius 1 is 0.291 bits per heavy atom. The van der Waals surface area contributed by atoms with Gasteiger partial charge >= 0.3 is 29.8 Å². The van der Waals surface area contributed by atoms with Crippen molar-refractivity contribution in [3.63, 3.8) is 0 Å². The molecule has 0 spiro atoms. The molecule has 86 heavy (non-hydrogen) atoms. The molecule has 7 aromatic rings. The zero-order valence-electron chi connectivity index (χ0n) is 51.8. The Labute approximate surface area is 503 Å². The molecule has 0 amide bonds. The predicted octanol–water partition coefficient (Wildman–Crippen LogP) is 15.1. The fraction of sp³-hybridized carbons (Fsp3) is 0.368. The molecule has 7 rings (SSSR count). The number of hydrogen-bond acceptors (Lipinski definition) is 18. The summed E-state index contributed by atoms with van der Waals surface area (Å²) in [6.45, 7) is 27.8. The van der Waals surface area contributed by atoms with Crippen LogP contribution in [-0.2, 0) is 24.0 Å². The van der Waals surface area contributed by atoms with Crippen LogP contribution in [0.4, 0.5) is 0 Å². The smallest absolute Gasteiger partial charge is 0.316 e. The molecular formula is C68H84O18. The molecule has 0 saturated carbocycles.